The fraction of sp³-hybridized carbons (Fsp3) is 0.207. The highest BCUT2D eigenvalue weighted by molar-refractivity contribution is 5.99. The molecule has 2 aromatic heterocycles. The van der Waals surface area contributed by atoms with Crippen molar-refractivity contribution in [3.8, 4) is 11.3 Å². The van der Waals surface area contributed by atoms with E-state index < -0.39 is 12.0 Å². The van der Waals surface area contributed by atoms with Crippen LogP contribution in [0.3, 0.4) is 0 Å². The van der Waals surface area contributed by atoms with Crippen molar-refractivity contribution in [3.05, 3.63) is 107 Å². The number of amides is 1. The van der Waals surface area contributed by atoms with Crippen LogP contribution in [0.15, 0.2) is 77.5 Å². The third-order valence-electron chi connectivity index (χ3n) is 6.03. The Morgan fingerprint density at radius 1 is 0.972 bits per heavy atom. The van der Waals surface area contributed by atoms with Crippen LogP contribution in [0.25, 0.3) is 11.3 Å². The second-order valence-electron chi connectivity index (χ2n) is 8.92. The molecule has 4 rings (SSSR count). The molecule has 1 atom stereocenters. The number of rotatable bonds is 9. The number of hydrogen-bond donors (Lipinski definition) is 3. The van der Waals surface area contributed by atoms with Gasteiger partial charge in [0, 0.05) is 35.9 Å². The zero-order valence-electron chi connectivity index (χ0n) is 20.5. The molecule has 0 saturated carbocycles. The number of aliphatic carboxylic acids is 1. The van der Waals surface area contributed by atoms with E-state index in [-0.39, 0.29) is 12.3 Å². The van der Waals surface area contributed by atoms with Crippen LogP contribution < -0.4 is 10.6 Å². The molecule has 36 heavy (non-hydrogen) atoms. The quantitative estimate of drug-likeness (QED) is 0.298. The number of nitrogens with zero attached hydrogens (tertiary/aromatic N) is 1. The molecule has 0 bridgehead atoms. The topological polar surface area (TPSA) is 104 Å². The van der Waals surface area contributed by atoms with Gasteiger partial charge in [-0.05, 0) is 61.2 Å². The zero-order valence-corrected chi connectivity index (χ0v) is 20.5. The van der Waals surface area contributed by atoms with Gasteiger partial charge in [0.25, 0.3) is 5.91 Å². The molecule has 7 heteroatoms. The molecular formula is C29H29N3O4. The zero-order chi connectivity index (χ0) is 25.7. The van der Waals surface area contributed by atoms with Crippen LogP contribution in [-0.2, 0) is 17.8 Å². The molecule has 2 heterocycles. The number of aromatic nitrogens is 1. The molecule has 0 radical (unpaired) electrons. The van der Waals surface area contributed by atoms with Gasteiger partial charge >= 0.3 is 5.97 Å². The largest absolute Gasteiger partial charge is 0.480 e. The number of hydrogen-bond acceptors (Lipinski definition) is 5. The van der Waals surface area contributed by atoms with Gasteiger partial charge in [0.15, 0.2) is 0 Å². The standard InChI is InChI=1S/C29H29N3O4/c1-18-11-12-30-26(13-18)31-16-22-15-25(36-17-22)23-9-7-21(8-10-23)14-24(29(34)35)32-28(33)27-19(2)5-4-6-20(27)3/h4-13,15,17,24H,14,16H2,1-3H3,(H,30,31)(H,32,33)(H,34,35). The average Bonchev–Trinajstić information content (AvgIpc) is 3.32. The minimum atomic E-state index is -1.08. The molecule has 0 aliphatic rings. The van der Waals surface area contributed by atoms with Crippen molar-refractivity contribution in [2.24, 2.45) is 0 Å². The first-order valence-electron chi connectivity index (χ1n) is 11.7. The predicted octanol–water partition coefficient (Wildman–Crippen LogP) is 5.30. The molecule has 0 spiro atoms. The molecule has 0 aliphatic carbocycles. The molecule has 2 aromatic carbocycles. The molecule has 0 saturated heterocycles. The van der Waals surface area contributed by atoms with Gasteiger partial charge in [0.05, 0.1) is 6.26 Å². The Labute approximate surface area is 210 Å². The van der Waals surface area contributed by atoms with E-state index in [0.717, 1.165) is 39.2 Å². The number of nitrogens with one attached hydrogen (secondary N) is 2. The van der Waals surface area contributed by atoms with Gasteiger partial charge in [0.2, 0.25) is 0 Å². The number of carboxylic acids is 1. The summed E-state index contributed by atoms with van der Waals surface area (Å²) in [6, 6.07) is 17.9. The third-order valence-corrected chi connectivity index (χ3v) is 6.03. The van der Waals surface area contributed by atoms with Gasteiger partial charge < -0.3 is 20.2 Å². The maximum absolute atomic E-state index is 12.8. The number of anilines is 1. The van der Waals surface area contributed by atoms with Crippen LogP contribution in [0.2, 0.25) is 0 Å². The number of aryl methyl sites for hydroxylation is 3. The maximum atomic E-state index is 12.8. The Kier molecular flexibility index (Phi) is 7.49. The Hall–Kier alpha value is -4.39. The number of carboxylic acid groups (broad SMARTS) is 1. The van der Waals surface area contributed by atoms with Crippen LogP contribution in [0, 0.1) is 20.8 Å². The minimum Gasteiger partial charge on any atom is -0.480 e. The number of carbonyl (C=O) groups excluding carboxylic acids is 1. The molecular weight excluding hydrogens is 454 g/mol. The summed E-state index contributed by atoms with van der Waals surface area (Å²) in [5.74, 6) is 0.0607. The molecule has 3 N–H and O–H groups in total. The lowest BCUT2D eigenvalue weighted by Crippen LogP contribution is -2.42. The van der Waals surface area contributed by atoms with Crippen molar-refractivity contribution in [2.45, 2.75) is 39.8 Å². The third kappa shape index (κ3) is 5.99. The number of benzene rings is 2. The second-order valence-corrected chi connectivity index (χ2v) is 8.92. The van der Waals surface area contributed by atoms with E-state index in [9.17, 15) is 14.7 Å². The number of carbonyl (C=O) groups is 2. The van der Waals surface area contributed by atoms with Gasteiger partial charge in [-0.15, -0.1) is 0 Å². The summed E-state index contributed by atoms with van der Waals surface area (Å²) < 4.78 is 5.73. The van der Waals surface area contributed by atoms with E-state index in [1.165, 1.54) is 0 Å². The number of pyridine rings is 1. The molecule has 1 unspecified atom stereocenters. The second kappa shape index (κ2) is 10.9. The predicted molar refractivity (Wildman–Crippen MR) is 139 cm³/mol. The highest BCUT2D eigenvalue weighted by Crippen LogP contribution is 2.24. The first-order chi connectivity index (χ1) is 17.3. The van der Waals surface area contributed by atoms with Gasteiger partial charge in [-0.1, -0.05) is 42.5 Å². The summed E-state index contributed by atoms with van der Waals surface area (Å²) in [5, 5.41) is 15.7. The lowest BCUT2D eigenvalue weighted by molar-refractivity contribution is -0.139. The molecule has 184 valence electrons. The minimum absolute atomic E-state index is 0.170. The van der Waals surface area contributed by atoms with Gasteiger partial charge in [-0.25, -0.2) is 9.78 Å². The normalized spacial score (nSPS) is 11.6. The average molecular weight is 484 g/mol. The van der Waals surface area contributed by atoms with Crippen molar-refractivity contribution in [1.29, 1.82) is 0 Å². The van der Waals surface area contributed by atoms with Crippen LogP contribution in [-0.4, -0.2) is 28.0 Å². The smallest absolute Gasteiger partial charge is 0.326 e. The van der Waals surface area contributed by atoms with E-state index in [1.807, 2.05) is 81.4 Å². The van der Waals surface area contributed by atoms with Crippen molar-refractivity contribution < 1.29 is 19.1 Å². The summed E-state index contributed by atoms with van der Waals surface area (Å²) in [5.41, 5.74) is 5.93. The van der Waals surface area contributed by atoms with E-state index >= 15 is 0 Å². The summed E-state index contributed by atoms with van der Waals surface area (Å²) in [6.45, 7) is 6.28. The lowest BCUT2D eigenvalue weighted by atomic mass is 10.00. The van der Waals surface area contributed by atoms with Crippen molar-refractivity contribution in [2.75, 3.05) is 5.32 Å². The maximum Gasteiger partial charge on any atom is 0.326 e. The fourth-order valence-corrected chi connectivity index (χ4v) is 4.09. The SMILES string of the molecule is Cc1ccnc(NCc2coc(-c3ccc(CC(NC(=O)c4c(C)cccc4C)C(=O)O)cc3)c2)c1. The van der Waals surface area contributed by atoms with Gasteiger partial charge in [0.1, 0.15) is 17.6 Å². The highest BCUT2D eigenvalue weighted by atomic mass is 16.4. The Morgan fingerprint density at radius 3 is 2.36 bits per heavy atom. The van der Waals surface area contributed by atoms with Crippen LogP contribution in [0.5, 0.6) is 0 Å². The van der Waals surface area contributed by atoms with E-state index in [4.69, 9.17) is 4.42 Å². The lowest BCUT2D eigenvalue weighted by Gasteiger charge is -2.17. The molecule has 1 amide bonds. The summed E-state index contributed by atoms with van der Waals surface area (Å²) in [7, 11) is 0. The fourth-order valence-electron chi connectivity index (χ4n) is 4.09. The van der Waals surface area contributed by atoms with E-state index in [2.05, 4.69) is 15.6 Å². The van der Waals surface area contributed by atoms with E-state index in [0.29, 0.717) is 17.9 Å². The van der Waals surface area contributed by atoms with E-state index in [1.54, 1.807) is 12.5 Å². The molecule has 0 fully saturated rings. The van der Waals surface area contributed by atoms with Gasteiger partial charge in [-0.2, -0.15) is 0 Å². The Balaban J connectivity index is 1.40. The Bertz CT molecular complexity index is 1360. The van der Waals surface area contributed by atoms with Gasteiger partial charge in [-0.3, -0.25) is 4.79 Å². The summed E-state index contributed by atoms with van der Waals surface area (Å²) in [6.07, 6.45) is 3.64. The summed E-state index contributed by atoms with van der Waals surface area (Å²) >= 11 is 0. The van der Waals surface area contributed by atoms with Crippen LogP contribution >= 0.6 is 0 Å². The molecule has 7 nitrogen and oxygen atoms in total. The summed E-state index contributed by atoms with van der Waals surface area (Å²) in [4.78, 5) is 29.0. The van der Waals surface area contributed by atoms with Crippen LogP contribution in [0.4, 0.5) is 5.82 Å². The number of furan rings is 1. The molecule has 0 aliphatic heterocycles. The monoisotopic (exact) mass is 483 g/mol. The van der Waals surface area contributed by atoms with Crippen LogP contribution in [0.1, 0.15) is 38.2 Å². The first-order valence-corrected chi connectivity index (χ1v) is 11.7. The van der Waals surface area contributed by atoms with Crippen molar-refractivity contribution in [3.63, 3.8) is 0 Å². The highest BCUT2D eigenvalue weighted by Gasteiger charge is 2.23. The molecule has 4 aromatic rings. The Morgan fingerprint density at radius 2 is 1.69 bits per heavy atom. The van der Waals surface area contributed by atoms with Crippen molar-refractivity contribution >= 4 is 17.7 Å². The van der Waals surface area contributed by atoms with Crippen molar-refractivity contribution in [1.82, 2.24) is 10.3 Å². The first kappa shape index (κ1) is 24.7.